The second-order valence-electron chi connectivity index (χ2n) is 12.7. The topological polar surface area (TPSA) is 17.8 Å². The molecule has 0 aliphatic carbocycles. The van der Waals surface area contributed by atoms with Gasteiger partial charge >= 0.3 is 0 Å². The Balaban J connectivity index is 0.000000188. The molecule has 2 nitrogen and oxygen atoms in total. The first-order valence-corrected chi connectivity index (χ1v) is 19.0. The molecule has 0 saturated carbocycles. The Hall–Kier alpha value is -5.19. The van der Waals surface area contributed by atoms with Crippen molar-refractivity contribution in [2.24, 2.45) is 0 Å². The largest absolute Gasteiger partial charge is 0.326 e. The van der Waals surface area contributed by atoms with Gasteiger partial charge in [0.25, 0.3) is 0 Å². The summed E-state index contributed by atoms with van der Waals surface area (Å²) in [5.41, 5.74) is 8.13. The van der Waals surface area contributed by atoms with Gasteiger partial charge in [-0.25, -0.2) is 4.98 Å². The molecule has 1 aromatic heterocycles. The van der Waals surface area contributed by atoms with Crippen molar-refractivity contribution >= 4 is 37.8 Å². The van der Waals surface area contributed by atoms with Crippen LogP contribution >= 0.6 is 0 Å². The molecule has 0 atom stereocenters. The van der Waals surface area contributed by atoms with Gasteiger partial charge in [0, 0.05) is 12.4 Å². The molecule has 0 aliphatic heterocycles. The molecule has 7 aromatic rings. The summed E-state index contributed by atoms with van der Waals surface area (Å²) in [6.45, 7) is 2.58. The Labute approximate surface area is 295 Å². The van der Waals surface area contributed by atoms with Crippen LogP contribution in [0.5, 0.6) is 0 Å². The lowest BCUT2D eigenvalue weighted by molar-refractivity contribution is 0.596. The predicted molar refractivity (Wildman–Crippen MR) is 213 cm³/mol. The minimum atomic E-state index is -0.797. The molecule has 0 aliphatic rings. The lowest BCUT2D eigenvalue weighted by Crippen LogP contribution is -2.51. The second-order valence-corrected chi connectivity index (χ2v) is 14.9. The highest BCUT2D eigenvalue weighted by molar-refractivity contribution is 6.95. The van der Waals surface area contributed by atoms with E-state index in [0.29, 0.717) is 6.71 Å². The molecule has 7 rings (SSSR count). The number of aryl methyl sites for hydroxylation is 1. The molecule has 242 valence electrons. The molecule has 0 radical (unpaired) electrons. The van der Waals surface area contributed by atoms with Gasteiger partial charge in [-0.1, -0.05) is 217 Å². The Morgan fingerprint density at radius 2 is 1.06 bits per heavy atom. The van der Waals surface area contributed by atoms with E-state index in [1.54, 1.807) is 0 Å². The number of unbranched alkanes of at least 4 members (excludes halogenated alkanes) is 2. The third kappa shape index (κ3) is 8.46. The fourth-order valence-corrected chi connectivity index (χ4v) is 9.41. The molecule has 0 spiro atoms. The van der Waals surface area contributed by atoms with E-state index >= 15 is 0 Å². The maximum atomic E-state index is 4.43. The van der Waals surface area contributed by atoms with Crippen LogP contribution < -0.4 is 21.6 Å². The Kier molecular flexibility index (Phi) is 11.9. The summed E-state index contributed by atoms with van der Waals surface area (Å²) in [6.07, 6.45) is 11.0. The van der Waals surface area contributed by atoms with Gasteiger partial charge in [0.05, 0.1) is 21.0 Å². The maximum absolute atomic E-state index is 4.43. The fourth-order valence-electron chi connectivity index (χ4n) is 6.96. The SMILES string of the molecule is CCCCCc1cccc([SiH2]C(c2ccccc2)(c2ccccc2)n2ccnc2)c1.c1ccc(B(c2ccccc2)c2ccccc2)cc1. The zero-order valence-corrected chi connectivity index (χ0v) is 29.9. The smallest absolute Gasteiger partial charge is 0.241 e. The third-order valence-corrected chi connectivity index (χ3v) is 11.9. The Bertz CT molecular complexity index is 1800. The number of nitrogens with zero attached hydrogens (tertiary/aromatic N) is 2. The van der Waals surface area contributed by atoms with Gasteiger partial charge in [-0.05, 0) is 29.5 Å². The van der Waals surface area contributed by atoms with Crippen molar-refractivity contribution in [3.63, 3.8) is 0 Å². The molecule has 0 saturated heterocycles. The normalized spacial score (nSPS) is 11.2. The van der Waals surface area contributed by atoms with E-state index in [-0.39, 0.29) is 5.16 Å². The number of imidazole rings is 1. The second kappa shape index (κ2) is 17.3. The van der Waals surface area contributed by atoms with Crippen LogP contribution in [0.25, 0.3) is 0 Å². The quantitative estimate of drug-likeness (QED) is 0.102. The number of aromatic nitrogens is 2. The van der Waals surface area contributed by atoms with E-state index in [1.807, 2.05) is 12.5 Å². The molecule has 0 unspecified atom stereocenters. The molecular formula is C45H45BN2Si. The molecular weight excluding hydrogens is 607 g/mol. The van der Waals surface area contributed by atoms with Crippen molar-refractivity contribution in [2.75, 3.05) is 0 Å². The fraction of sp³-hybridized carbons (Fsp3) is 0.133. The zero-order chi connectivity index (χ0) is 33.6. The van der Waals surface area contributed by atoms with Crippen LogP contribution in [-0.2, 0) is 11.6 Å². The average Bonchev–Trinajstić information content (AvgIpc) is 3.73. The minimum absolute atomic E-state index is 0.207. The van der Waals surface area contributed by atoms with Crippen LogP contribution in [0.1, 0.15) is 42.9 Å². The average molecular weight is 653 g/mol. The van der Waals surface area contributed by atoms with Crippen LogP contribution in [0.4, 0.5) is 0 Å². The third-order valence-electron chi connectivity index (χ3n) is 9.37. The van der Waals surface area contributed by atoms with Gasteiger partial charge in [0.15, 0.2) is 0 Å². The lowest BCUT2D eigenvalue weighted by atomic mass is 9.37. The van der Waals surface area contributed by atoms with Crippen LogP contribution in [0.2, 0.25) is 0 Å². The monoisotopic (exact) mass is 652 g/mol. The van der Waals surface area contributed by atoms with Crippen molar-refractivity contribution in [1.82, 2.24) is 9.55 Å². The highest BCUT2D eigenvalue weighted by atomic mass is 28.2. The van der Waals surface area contributed by atoms with E-state index < -0.39 is 9.52 Å². The van der Waals surface area contributed by atoms with Crippen molar-refractivity contribution in [2.45, 2.75) is 37.8 Å². The van der Waals surface area contributed by atoms with Crippen molar-refractivity contribution in [3.05, 3.63) is 211 Å². The van der Waals surface area contributed by atoms with E-state index in [2.05, 4.69) is 199 Å². The molecule has 1 heterocycles. The summed E-state index contributed by atoms with van der Waals surface area (Å²) in [5.74, 6) is 0. The number of hydrogen-bond donors (Lipinski definition) is 0. The number of benzene rings is 6. The summed E-state index contributed by atoms with van der Waals surface area (Å²) >= 11 is 0. The summed E-state index contributed by atoms with van der Waals surface area (Å²) in [7, 11) is -0.797. The molecule has 0 bridgehead atoms. The predicted octanol–water partition coefficient (Wildman–Crippen LogP) is 7.06. The maximum Gasteiger partial charge on any atom is 0.241 e. The first-order valence-electron chi connectivity index (χ1n) is 17.6. The number of hydrogen-bond acceptors (Lipinski definition) is 1. The lowest BCUT2D eigenvalue weighted by Gasteiger charge is -2.37. The first-order chi connectivity index (χ1) is 24.3. The molecule has 0 fully saturated rings. The minimum Gasteiger partial charge on any atom is -0.326 e. The van der Waals surface area contributed by atoms with Gasteiger partial charge in [0.2, 0.25) is 6.71 Å². The van der Waals surface area contributed by atoms with Crippen molar-refractivity contribution in [1.29, 1.82) is 0 Å². The van der Waals surface area contributed by atoms with E-state index in [1.165, 1.54) is 63.9 Å². The summed E-state index contributed by atoms with van der Waals surface area (Å²) in [4.78, 5) is 4.43. The Morgan fingerprint density at radius 3 is 1.51 bits per heavy atom. The number of rotatable bonds is 12. The van der Waals surface area contributed by atoms with E-state index in [9.17, 15) is 0 Å². The Morgan fingerprint density at radius 1 is 0.571 bits per heavy atom. The van der Waals surface area contributed by atoms with Crippen LogP contribution in [-0.4, -0.2) is 25.8 Å². The summed E-state index contributed by atoms with van der Waals surface area (Å²) < 4.78 is 2.33. The van der Waals surface area contributed by atoms with Crippen molar-refractivity contribution < 1.29 is 0 Å². The molecule has 0 amide bonds. The standard InChI is InChI=1S/C27H30N2Si.C18H15B/c1-2-3-6-12-23-13-11-18-26(21-23)30-27(29-20-19-28-22-29,24-14-7-4-8-15-24)25-16-9-5-10-17-25;1-4-10-16(11-5-1)19(17-12-6-2-7-13-17)18-14-8-3-9-15-18/h4-5,7-11,13-22H,2-3,6,12,30H2,1H3;1-15H. The van der Waals surface area contributed by atoms with Gasteiger partial charge in [-0.15, -0.1) is 0 Å². The van der Waals surface area contributed by atoms with Crippen LogP contribution in [0.15, 0.2) is 195 Å². The molecule has 4 heteroatoms. The molecule has 0 N–H and O–H groups in total. The molecule has 49 heavy (non-hydrogen) atoms. The summed E-state index contributed by atoms with van der Waals surface area (Å²) in [6, 6.07) is 63.2. The molecule has 6 aromatic carbocycles. The highest BCUT2D eigenvalue weighted by Crippen LogP contribution is 2.33. The van der Waals surface area contributed by atoms with Crippen LogP contribution in [0, 0.1) is 0 Å². The van der Waals surface area contributed by atoms with Gasteiger partial charge in [-0.3, -0.25) is 0 Å². The van der Waals surface area contributed by atoms with E-state index in [4.69, 9.17) is 0 Å². The summed E-state index contributed by atoms with van der Waals surface area (Å²) in [5, 5.41) is 1.28. The van der Waals surface area contributed by atoms with E-state index in [0.717, 1.165) is 0 Å². The van der Waals surface area contributed by atoms with Gasteiger partial charge in [0.1, 0.15) is 0 Å². The van der Waals surface area contributed by atoms with Crippen molar-refractivity contribution in [3.8, 4) is 0 Å². The van der Waals surface area contributed by atoms with Gasteiger partial charge < -0.3 is 4.57 Å². The van der Waals surface area contributed by atoms with Gasteiger partial charge in [-0.2, -0.15) is 0 Å². The highest BCUT2D eigenvalue weighted by Gasteiger charge is 2.36. The zero-order valence-electron chi connectivity index (χ0n) is 28.5. The van der Waals surface area contributed by atoms with Crippen LogP contribution in [0.3, 0.4) is 0 Å². The first kappa shape index (κ1) is 33.7.